The van der Waals surface area contributed by atoms with E-state index in [0.717, 1.165) is 33.9 Å². The zero-order valence-electron chi connectivity index (χ0n) is 14.3. The van der Waals surface area contributed by atoms with E-state index in [1.54, 1.807) is 18.0 Å². The van der Waals surface area contributed by atoms with E-state index in [9.17, 15) is 5.26 Å². The molecule has 0 fully saturated rings. The molecule has 0 atom stereocenters. The molecular weight excluding hydrogens is 340 g/mol. The largest absolute Gasteiger partial charge is 0.222 e. The van der Waals surface area contributed by atoms with Gasteiger partial charge in [0.2, 0.25) is 0 Å². The maximum absolute atomic E-state index is 9.29. The molecule has 0 saturated carbocycles. The third kappa shape index (κ3) is 3.07. The van der Waals surface area contributed by atoms with Crippen molar-refractivity contribution in [3.8, 4) is 17.2 Å². The maximum Gasteiger partial charge on any atom is 0.156 e. The van der Waals surface area contributed by atoms with Crippen LogP contribution in [-0.2, 0) is 6.42 Å². The first-order valence-electron chi connectivity index (χ1n) is 8.24. The molecule has 0 radical (unpaired) electrons. The van der Waals surface area contributed by atoms with Gasteiger partial charge in [0.05, 0.1) is 23.5 Å². The minimum Gasteiger partial charge on any atom is -0.222 e. The van der Waals surface area contributed by atoms with Crippen LogP contribution in [0.2, 0.25) is 0 Å². The molecule has 2 aromatic carbocycles. The number of nitrogens with zero attached hydrogens (tertiary/aromatic N) is 4. The smallest absolute Gasteiger partial charge is 0.156 e. The van der Waals surface area contributed by atoms with Crippen LogP contribution in [0, 0.1) is 11.3 Å². The minimum atomic E-state index is 0.692. The fourth-order valence-corrected chi connectivity index (χ4v) is 3.46. The lowest BCUT2D eigenvalue weighted by Crippen LogP contribution is -2.02. The van der Waals surface area contributed by atoms with Crippen molar-refractivity contribution >= 4 is 17.4 Å². The Kier molecular flexibility index (Phi) is 4.42. The molecule has 0 spiro atoms. The van der Waals surface area contributed by atoms with Crippen LogP contribution in [0.1, 0.15) is 16.8 Å². The Morgan fingerprint density at radius 1 is 1.08 bits per heavy atom. The van der Waals surface area contributed by atoms with Gasteiger partial charge in [-0.1, -0.05) is 42.5 Å². The van der Waals surface area contributed by atoms with E-state index < -0.39 is 0 Å². The highest BCUT2D eigenvalue weighted by molar-refractivity contribution is 7.98. The van der Waals surface area contributed by atoms with E-state index in [4.69, 9.17) is 0 Å². The van der Waals surface area contributed by atoms with Gasteiger partial charge in [-0.25, -0.2) is 9.50 Å². The van der Waals surface area contributed by atoms with Crippen LogP contribution in [0.5, 0.6) is 0 Å². The second-order valence-corrected chi connectivity index (χ2v) is 6.75. The SMILES string of the molecule is CSc1cc(Cc2ccc(-c3ccccc3C#N)cc2)n2nccc2n1. The van der Waals surface area contributed by atoms with Crippen LogP contribution in [0.15, 0.2) is 71.9 Å². The predicted molar refractivity (Wildman–Crippen MR) is 104 cm³/mol. The van der Waals surface area contributed by atoms with Crippen molar-refractivity contribution in [3.63, 3.8) is 0 Å². The number of benzene rings is 2. The van der Waals surface area contributed by atoms with E-state index in [0.29, 0.717) is 5.56 Å². The number of fused-ring (bicyclic) bond motifs is 1. The number of hydrogen-bond donors (Lipinski definition) is 0. The molecule has 0 unspecified atom stereocenters. The first-order valence-corrected chi connectivity index (χ1v) is 9.47. The molecule has 0 saturated heterocycles. The fourth-order valence-electron chi connectivity index (χ4n) is 3.03. The van der Waals surface area contributed by atoms with Gasteiger partial charge in [-0.3, -0.25) is 0 Å². The average molecular weight is 356 g/mol. The monoisotopic (exact) mass is 356 g/mol. The van der Waals surface area contributed by atoms with Crippen LogP contribution >= 0.6 is 11.8 Å². The number of thioether (sulfide) groups is 1. The summed E-state index contributed by atoms with van der Waals surface area (Å²) in [5.41, 5.74) is 5.87. The Hall–Kier alpha value is -3.10. The van der Waals surface area contributed by atoms with Gasteiger partial charge in [-0.15, -0.1) is 11.8 Å². The minimum absolute atomic E-state index is 0.692. The Balaban J connectivity index is 1.67. The molecule has 0 aliphatic carbocycles. The van der Waals surface area contributed by atoms with Gasteiger partial charge in [-0.2, -0.15) is 10.4 Å². The quantitative estimate of drug-likeness (QED) is 0.397. The van der Waals surface area contributed by atoms with Crippen molar-refractivity contribution in [2.45, 2.75) is 11.4 Å². The van der Waals surface area contributed by atoms with Crippen LogP contribution in [0.25, 0.3) is 16.8 Å². The van der Waals surface area contributed by atoms with Gasteiger partial charge in [-0.05, 0) is 35.1 Å². The van der Waals surface area contributed by atoms with E-state index in [-0.39, 0.29) is 0 Å². The normalized spacial score (nSPS) is 10.8. The average Bonchev–Trinajstić information content (AvgIpc) is 3.17. The molecule has 2 aromatic heterocycles. The van der Waals surface area contributed by atoms with E-state index >= 15 is 0 Å². The molecule has 4 rings (SSSR count). The number of hydrogen-bond acceptors (Lipinski definition) is 4. The van der Waals surface area contributed by atoms with E-state index in [2.05, 4.69) is 46.5 Å². The highest BCUT2D eigenvalue weighted by atomic mass is 32.2. The van der Waals surface area contributed by atoms with Gasteiger partial charge in [0.1, 0.15) is 5.03 Å². The first kappa shape index (κ1) is 16.4. The molecule has 0 amide bonds. The second kappa shape index (κ2) is 7.03. The van der Waals surface area contributed by atoms with Gasteiger partial charge in [0, 0.05) is 12.5 Å². The summed E-state index contributed by atoms with van der Waals surface area (Å²) < 4.78 is 1.89. The van der Waals surface area contributed by atoms with Crippen LogP contribution in [0.4, 0.5) is 0 Å². The number of aromatic nitrogens is 3. The topological polar surface area (TPSA) is 54.0 Å². The molecule has 0 aliphatic heterocycles. The van der Waals surface area contributed by atoms with Gasteiger partial charge >= 0.3 is 0 Å². The third-order valence-corrected chi connectivity index (χ3v) is 4.94. The predicted octanol–water partition coefficient (Wildman–Crippen LogP) is 4.58. The van der Waals surface area contributed by atoms with Crippen LogP contribution in [0.3, 0.4) is 0 Å². The molecule has 5 heteroatoms. The molecule has 0 bridgehead atoms. The molecular formula is C21H16N4S. The fraction of sp³-hybridized carbons (Fsp3) is 0.0952. The lowest BCUT2D eigenvalue weighted by Gasteiger charge is -2.09. The van der Waals surface area contributed by atoms with Crippen molar-refractivity contribution in [1.29, 1.82) is 5.26 Å². The summed E-state index contributed by atoms with van der Waals surface area (Å²) in [7, 11) is 0. The molecule has 0 aliphatic rings. The van der Waals surface area contributed by atoms with Gasteiger partial charge in [0.15, 0.2) is 5.65 Å². The zero-order valence-corrected chi connectivity index (χ0v) is 15.1. The second-order valence-electron chi connectivity index (χ2n) is 5.92. The number of nitriles is 1. The Bertz CT molecular complexity index is 1110. The first-order chi connectivity index (χ1) is 12.8. The van der Waals surface area contributed by atoms with Crippen molar-refractivity contribution < 1.29 is 0 Å². The van der Waals surface area contributed by atoms with Crippen molar-refractivity contribution in [1.82, 2.24) is 14.6 Å². The van der Waals surface area contributed by atoms with Crippen LogP contribution < -0.4 is 0 Å². The Labute approximate surface area is 156 Å². The van der Waals surface area contributed by atoms with E-state index in [1.807, 2.05) is 41.1 Å². The van der Waals surface area contributed by atoms with E-state index in [1.165, 1.54) is 5.56 Å². The highest BCUT2D eigenvalue weighted by Gasteiger charge is 2.08. The Morgan fingerprint density at radius 3 is 2.65 bits per heavy atom. The van der Waals surface area contributed by atoms with Gasteiger partial charge in [0.25, 0.3) is 0 Å². The Morgan fingerprint density at radius 2 is 1.88 bits per heavy atom. The molecule has 2 heterocycles. The lowest BCUT2D eigenvalue weighted by atomic mass is 9.98. The summed E-state index contributed by atoms with van der Waals surface area (Å²) in [4.78, 5) is 4.56. The third-order valence-electron chi connectivity index (χ3n) is 4.32. The van der Waals surface area contributed by atoms with Crippen molar-refractivity contribution in [2.24, 2.45) is 0 Å². The summed E-state index contributed by atoms with van der Waals surface area (Å²) in [5, 5.41) is 14.7. The summed E-state index contributed by atoms with van der Waals surface area (Å²) >= 11 is 1.63. The van der Waals surface area contributed by atoms with Crippen LogP contribution in [-0.4, -0.2) is 20.9 Å². The summed E-state index contributed by atoms with van der Waals surface area (Å²) in [6, 6.07) is 22.3. The van der Waals surface area contributed by atoms with Gasteiger partial charge < -0.3 is 0 Å². The molecule has 0 N–H and O–H groups in total. The molecule has 4 nitrogen and oxygen atoms in total. The maximum atomic E-state index is 9.29. The summed E-state index contributed by atoms with van der Waals surface area (Å²) in [6.07, 6.45) is 4.58. The highest BCUT2D eigenvalue weighted by Crippen LogP contribution is 2.24. The zero-order chi connectivity index (χ0) is 17.9. The number of rotatable bonds is 4. The summed E-state index contributed by atoms with van der Waals surface area (Å²) in [5.74, 6) is 0. The lowest BCUT2D eigenvalue weighted by molar-refractivity contribution is 0.843. The standard InChI is InChI=1S/C21H16N4S/c1-26-21-13-18(25-20(24-21)10-11-23-25)12-15-6-8-16(9-7-15)19-5-3-2-4-17(19)14-22/h2-11,13H,12H2,1H3. The van der Waals surface area contributed by atoms with Crippen molar-refractivity contribution in [2.75, 3.05) is 6.26 Å². The molecule has 126 valence electrons. The van der Waals surface area contributed by atoms with Crippen molar-refractivity contribution in [3.05, 3.63) is 83.7 Å². The molecule has 4 aromatic rings. The molecule has 26 heavy (non-hydrogen) atoms. The summed E-state index contributed by atoms with van der Waals surface area (Å²) in [6.45, 7) is 0.